The molecule has 1 N–H and O–H groups in total. The largest absolute Gasteiger partial charge is 0.273 e. The van der Waals surface area contributed by atoms with Gasteiger partial charge in [0.1, 0.15) is 0 Å². The summed E-state index contributed by atoms with van der Waals surface area (Å²) in [7, 11) is 0. The van der Waals surface area contributed by atoms with E-state index in [2.05, 4.69) is 22.7 Å². The molecule has 0 aliphatic heterocycles. The lowest BCUT2D eigenvalue weighted by Gasteiger charge is -2.00. The molecule has 0 aromatic heterocycles. The number of hydrogen-bond donors (Lipinski definition) is 1. The molecule has 1 aliphatic carbocycles. The third-order valence-corrected chi connectivity index (χ3v) is 4.23. The minimum absolute atomic E-state index is 0.00132. The van der Waals surface area contributed by atoms with Crippen LogP contribution >= 0.6 is 0 Å². The third-order valence-electron chi connectivity index (χ3n) is 4.23. The summed E-state index contributed by atoms with van der Waals surface area (Å²) in [6.45, 7) is 1.87. The summed E-state index contributed by atoms with van der Waals surface area (Å²) in [5.41, 5.74) is 5.82. The summed E-state index contributed by atoms with van der Waals surface area (Å²) in [6.07, 6.45) is 8.68. The van der Waals surface area contributed by atoms with Crippen molar-refractivity contribution < 1.29 is 4.79 Å². The molecule has 3 rings (SSSR count). The number of hydrogen-bond acceptors (Lipinski definition) is 2. The van der Waals surface area contributed by atoms with Crippen LogP contribution in [0.5, 0.6) is 0 Å². The van der Waals surface area contributed by atoms with Gasteiger partial charge in [0.05, 0.1) is 5.71 Å². The smallest absolute Gasteiger partial charge is 0.243 e. The lowest BCUT2D eigenvalue weighted by Crippen LogP contribution is -2.21. The molecule has 0 radical (unpaired) electrons. The van der Waals surface area contributed by atoms with Gasteiger partial charge in [0.25, 0.3) is 0 Å². The molecule has 3 heteroatoms. The Labute approximate surface area is 148 Å². The standard InChI is InChI=1S/C22H22N2O/c1-17(10-8-9-13-18-11-4-2-5-12-18)23-24-22(25)21-16-20(21)19-14-6-3-7-15-19/h2-15,20-21H,16H2,1H3,(H,24,25)/b10-8+,13-9+,23-17+/t20-,21+/m0/s1. The topological polar surface area (TPSA) is 41.5 Å². The van der Waals surface area contributed by atoms with Gasteiger partial charge in [0, 0.05) is 5.92 Å². The highest BCUT2D eigenvalue weighted by atomic mass is 16.2. The van der Waals surface area contributed by atoms with Gasteiger partial charge in [-0.2, -0.15) is 5.10 Å². The second kappa shape index (κ2) is 8.25. The van der Waals surface area contributed by atoms with Crippen molar-refractivity contribution in [3.63, 3.8) is 0 Å². The van der Waals surface area contributed by atoms with E-state index in [1.165, 1.54) is 5.56 Å². The zero-order valence-corrected chi connectivity index (χ0v) is 14.3. The van der Waals surface area contributed by atoms with Crippen LogP contribution < -0.4 is 5.43 Å². The predicted octanol–water partition coefficient (Wildman–Crippen LogP) is 4.55. The SMILES string of the molecule is CC(/C=C/C=C/c1ccccc1)=N\NC(=O)[C@@H]1C[C@H]1c1ccccc1. The molecule has 0 unspecified atom stereocenters. The van der Waals surface area contributed by atoms with Gasteiger partial charge >= 0.3 is 0 Å². The predicted molar refractivity (Wildman–Crippen MR) is 103 cm³/mol. The molecule has 2 atom stereocenters. The average Bonchev–Trinajstić information content (AvgIpc) is 3.46. The molecule has 0 spiro atoms. The second-order valence-corrected chi connectivity index (χ2v) is 6.22. The maximum absolute atomic E-state index is 12.2. The zero-order chi connectivity index (χ0) is 17.5. The molecular formula is C22H22N2O. The summed E-state index contributed by atoms with van der Waals surface area (Å²) in [6, 6.07) is 20.3. The van der Waals surface area contributed by atoms with E-state index in [0.29, 0.717) is 5.92 Å². The summed E-state index contributed by atoms with van der Waals surface area (Å²) in [4.78, 5) is 12.2. The molecular weight excluding hydrogens is 308 g/mol. The van der Waals surface area contributed by atoms with Gasteiger partial charge in [-0.05, 0) is 36.5 Å². The van der Waals surface area contributed by atoms with Crippen molar-refractivity contribution in [2.75, 3.05) is 0 Å². The Morgan fingerprint density at radius 1 is 1.04 bits per heavy atom. The van der Waals surface area contributed by atoms with Gasteiger partial charge in [-0.1, -0.05) is 78.9 Å². The van der Waals surface area contributed by atoms with Crippen molar-refractivity contribution in [1.29, 1.82) is 0 Å². The number of allylic oxidation sites excluding steroid dienone is 3. The first-order valence-electron chi connectivity index (χ1n) is 8.53. The Bertz CT molecular complexity index is 791. The number of carbonyl (C=O) groups excluding carboxylic acids is 1. The molecule has 126 valence electrons. The van der Waals surface area contributed by atoms with Crippen molar-refractivity contribution in [1.82, 2.24) is 5.43 Å². The molecule has 1 aliphatic rings. The van der Waals surface area contributed by atoms with Crippen LogP contribution in [0, 0.1) is 5.92 Å². The number of carbonyl (C=O) groups is 1. The number of nitrogens with one attached hydrogen (secondary N) is 1. The quantitative estimate of drug-likeness (QED) is 0.471. The molecule has 2 aromatic carbocycles. The number of benzene rings is 2. The fourth-order valence-corrected chi connectivity index (χ4v) is 2.74. The van der Waals surface area contributed by atoms with Gasteiger partial charge in [0.15, 0.2) is 0 Å². The lowest BCUT2D eigenvalue weighted by atomic mass is 10.1. The fourth-order valence-electron chi connectivity index (χ4n) is 2.74. The summed E-state index contributed by atoms with van der Waals surface area (Å²) >= 11 is 0. The van der Waals surface area contributed by atoms with Gasteiger partial charge < -0.3 is 0 Å². The van der Waals surface area contributed by atoms with Crippen LogP contribution in [-0.2, 0) is 4.79 Å². The van der Waals surface area contributed by atoms with Gasteiger partial charge in [-0.3, -0.25) is 4.79 Å². The normalized spacial score (nSPS) is 20.1. The molecule has 25 heavy (non-hydrogen) atoms. The van der Waals surface area contributed by atoms with Crippen LogP contribution in [0.3, 0.4) is 0 Å². The fraction of sp³-hybridized carbons (Fsp3) is 0.182. The van der Waals surface area contributed by atoms with E-state index in [1.54, 1.807) is 0 Å². The molecule has 3 nitrogen and oxygen atoms in total. The van der Waals surface area contributed by atoms with Gasteiger partial charge in [-0.25, -0.2) is 5.43 Å². The number of amides is 1. The van der Waals surface area contributed by atoms with E-state index < -0.39 is 0 Å². The molecule has 0 heterocycles. The highest BCUT2D eigenvalue weighted by molar-refractivity contribution is 5.94. The summed E-state index contributed by atoms with van der Waals surface area (Å²) in [5.74, 6) is 0.378. The molecule has 0 saturated heterocycles. The van der Waals surface area contributed by atoms with Crippen molar-refractivity contribution >= 4 is 17.7 Å². The van der Waals surface area contributed by atoms with Crippen molar-refractivity contribution in [2.45, 2.75) is 19.3 Å². The Kier molecular flexibility index (Phi) is 5.57. The van der Waals surface area contributed by atoms with E-state index in [-0.39, 0.29) is 11.8 Å². The highest BCUT2D eigenvalue weighted by Gasteiger charge is 2.43. The molecule has 2 aromatic rings. The number of rotatable bonds is 6. The third kappa shape index (κ3) is 5.01. The maximum Gasteiger partial charge on any atom is 0.243 e. The van der Waals surface area contributed by atoms with Crippen molar-refractivity contribution in [3.8, 4) is 0 Å². The van der Waals surface area contributed by atoms with Crippen molar-refractivity contribution in [3.05, 3.63) is 90.0 Å². The van der Waals surface area contributed by atoms with Gasteiger partial charge in [-0.15, -0.1) is 0 Å². The number of hydrazone groups is 1. The second-order valence-electron chi connectivity index (χ2n) is 6.22. The maximum atomic E-state index is 12.2. The van der Waals surface area contributed by atoms with Crippen LogP contribution in [0.15, 0.2) is 84.0 Å². The molecule has 0 bridgehead atoms. The first-order chi connectivity index (χ1) is 12.2. The van der Waals surface area contributed by atoms with E-state index >= 15 is 0 Å². The number of nitrogens with zero attached hydrogens (tertiary/aromatic N) is 1. The van der Waals surface area contributed by atoms with Crippen LogP contribution in [0.1, 0.15) is 30.4 Å². The van der Waals surface area contributed by atoms with E-state index in [9.17, 15) is 4.79 Å². The van der Waals surface area contributed by atoms with Gasteiger partial charge in [0.2, 0.25) is 5.91 Å². The molecule has 1 saturated carbocycles. The van der Waals surface area contributed by atoms with E-state index in [0.717, 1.165) is 17.7 Å². The Morgan fingerprint density at radius 3 is 2.44 bits per heavy atom. The Hall–Kier alpha value is -2.94. The minimum Gasteiger partial charge on any atom is -0.273 e. The summed E-state index contributed by atoms with van der Waals surface area (Å²) in [5, 5.41) is 4.15. The monoisotopic (exact) mass is 330 g/mol. The lowest BCUT2D eigenvalue weighted by molar-refractivity contribution is -0.122. The molecule has 1 fully saturated rings. The Balaban J connectivity index is 1.46. The zero-order valence-electron chi connectivity index (χ0n) is 14.3. The van der Waals surface area contributed by atoms with Crippen molar-refractivity contribution in [2.24, 2.45) is 11.0 Å². The molecule has 1 amide bonds. The Morgan fingerprint density at radius 2 is 1.72 bits per heavy atom. The van der Waals surface area contributed by atoms with Crippen LogP contribution in [0.2, 0.25) is 0 Å². The minimum atomic E-state index is 0.00132. The van der Waals surface area contributed by atoms with Crippen LogP contribution in [0.4, 0.5) is 0 Å². The van der Waals surface area contributed by atoms with E-state index in [1.807, 2.05) is 79.8 Å². The first-order valence-corrected chi connectivity index (χ1v) is 8.53. The average molecular weight is 330 g/mol. The first kappa shape index (κ1) is 16.9. The van der Waals surface area contributed by atoms with E-state index in [4.69, 9.17) is 0 Å². The van der Waals surface area contributed by atoms with Crippen LogP contribution in [0.25, 0.3) is 6.08 Å². The highest BCUT2D eigenvalue weighted by Crippen LogP contribution is 2.47. The van der Waals surface area contributed by atoms with Crippen LogP contribution in [-0.4, -0.2) is 11.6 Å². The summed E-state index contributed by atoms with van der Waals surface area (Å²) < 4.78 is 0.